The van der Waals surface area contributed by atoms with Crippen molar-refractivity contribution < 1.29 is 24.1 Å². The van der Waals surface area contributed by atoms with Crippen LogP contribution in [0.4, 0.5) is 0 Å². The number of aliphatic hydroxyl groups is 1. The highest BCUT2D eigenvalue weighted by Gasteiger charge is 2.48. The van der Waals surface area contributed by atoms with Crippen LogP contribution in [0.5, 0.6) is 12.0 Å². The standard InChI is InChI=1S/C29H24ClN5O5/c1-37-28-31-11-19(12-32-28)17-4-2-15(3-5-17)16-6-8-18(9-7-16)24-20(30)10-21-27(34-24)35-29(33-21)40-23-14-39-25-22(36)13-38-26(23)25/h2-12,22-23,25-26,36H,13-14H2,1H3,(H,33,34,35)/t22-,23-,25-,26-/m1/s1. The lowest BCUT2D eigenvalue weighted by molar-refractivity contribution is 0.00706. The van der Waals surface area contributed by atoms with E-state index < -0.39 is 6.10 Å². The number of imidazole rings is 1. The highest BCUT2D eigenvalue weighted by atomic mass is 35.5. The molecular formula is C29H24ClN5O5. The third kappa shape index (κ3) is 4.54. The van der Waals surface area contributed by atoms with Crippen molar-refractivity contribution in [2.75, 3.05) is 20.3 Å². The van der Waals surface area contributed by atoms with Crippen LogP contribution >= 0.6 is 11.6 Å². The molecule has 5 aromatic rings. The molecular weight excluding hydrogens is 534 g/mol. The smallest absolute Gasteiger partial charge is 0.316 e. The van der Waals surface area contributed by atoms with Crippen LogP contribution in [-0.2, 0) is 9.47 Å². The summed E-state index contributed by atoms with van der Waals surface area (Å²) in [7, 11) is 1.54. The van der Waals surface area contributed by atoms with Crippen LogP contribution in [0.15, 0.2) is 67.0 Å². The highest BCUT2D eigenvalue weighted by molar-refractivity contribution is 6.33. The number of ether oxygens (including phenoxy) is 4. The molecule has 0 saturated carbocycles. The summed E-state index contributed by atoms with van der Waals surface area (Å²) in [4.78, 5) is 20.7. The molecule has 202 valence electrons. The second kappa shape index (κ2) is 10.1. The molecule has 0 radical (unpaired) electrons. The van der Waals surface area contributed by atoms with Gasteiger partial charge in [-0.25, -0.2) is 15.0 Å². The van der Waals surface area contributed by atoms with Gasteiger partial charge in [0.05, 0.1) is 36.6 Å². The molecule has 0 amide bonds. The fraction of sp³-hybridized carbons (Fsp3) is 0.241. The molecule has 0 unspecified atom stereocenters. The van der Waals surface area contributed by atoms with Crippen LogP contribution in [0.1, 0.15) is 0 Å². The maximum atomic E-state index is 9.96. The summed E-state index contributed by atoms with van der Waals surface area (Å²) < 4.78 is 22.3. The predicted octanol–water partition coefficient (Wildman–Crippen LogP) is 4.32. The molecule has 0 aliphatic carbocycles. The minimum Gasteiger partial charge on any atom is -0.467 e. The van der Waals surface area contributed by atoms with Crippen molar-refractivity contribution in [2.45, 2.75) is 24.4 Å². The van der Waals surface area contributed by atoms with Crippen molar-refractivity contribution in [3.05, 3.63) is 72.0 Å². The lowest BCUT2D eigenvalue weighted by Crippen LogP contribution is -2.34. The first-order valence-electron chi connectivity index (χ1n) is 12.8. The van der Waals surface area contributed by atoms with E-state index in [1.165, 1.54) is 0 Å². The molecule has 2 aliphatic heterocycles. The van der Waals surface area contributed by atoms with E-state index in [9.17, 15) is 5.11 Å². The number of pyridine rings is 1. The van der Waals surface area contributed by atoms with Gasteiger partial charge < -0.3 is 29.0 Å². The zero-order valence-corrected chi connectivity index (χ0v) is 22.1. The Morgan fingerprint density at radius 1 is 0.850 bits per heavy atom. The average Bonchev–Trinajstić information content (AvgIpc) is 3.69. The van der Waals surface area contributed by atoms with Crippen molar-refractivity contribution in [2.24, 2.45) is 0 Å². The van der Waals surface area contributed by atoms with Gasteiger partial charge in [-0.15, -0.1) is 0 Å². The first-order valence-corrected chi connectivity index (χ1v) is 13.1. The van der Waals surface area contributed by atoms with Crippen molar-refractivity contribution >= 4 is 22.8 Å². The molecule has 7 rings (SSSR count). The van der Waals surface area contributed by atoms with Gasteiger partial charge in [0.2, 0.25) is 0 Å². The fourth-order valence-electron chi connectivity index (χ4n) is 5.09. The van der Waals surface area contributed by atoms with Crippen LogP contribution in [-0.4, -0.2) is 74.8 Å². The van der Waals surface area contributed by atoms with Gasteiger partial charge in [0.25, 0.3) is 6.01 Å². The number of methoxy groups -OCH3 is 1. The zero-order valence-electron chi connectivity index (χ0n) is 21.3. The van der Waals surface area contributed by atoms with E-state index >= 15 is 0 Å². The van der Waals surface area contributed by atoms with E-state index in [0.717, 1.165) is 27.8 Å². The molecule has 2 saturated heterocycles. The van der Waals surface area contributed by atoms with Crippen LogP contribution in [0.2, 0.25) is 5.02 Å². The third-order valence-electron chi connectivity index (χ3n) is 7.17. The lowest BCUT2D eigenvalue weighted by atomic mass is 10.00. The third-order valence-corrected chi connectivity index (χ3v) is 7.46. The highest BCUT2D eigenvalue weighted by Crippen LogP contribution is 2.33. The van der Waals surface area contributed by atoms with Gasteiger partial charge in [0.1, 0.15) is 18.3 Å². The largest absolute Gasteiger partial charge is 0.467 e. The summed E-state index contributed by atoms with van der Waals surface area (Å²) >= 11 is 6.62. The number of aromatic amines is 1. The number of rotatable bonds is 6. The number of aliphatic hydroxyl groups excluding tert-OH is 1. The molecule has 4 atom stereocenters. The van der Waals surface area contributed by atoms with Crippen LogP contribution in [0.3, 0.4) is 0 Å². The zero-order chi connectivity index (χ0) is 27.2. The summed E-state index contributed by atoms with van der Waals surface area (Å²) in [6.07, 6.45) is 1.76. The summed E-state index contributed by atoms with van der Waals surface area (Å²) in [5.74, 6) is 0. The fourth-order valence-corrected chi connectivity index (χ4v) is 5.35. The van der Waals surface area contributed by atoms with Gasteiger partial charge in [-0.3, -0.25) is 0 Å². The van der Waals surface area contributed by atoms with Crippen molar-refractivity contribution in [1.29, 1.82) is 0 Å². The van der Waals surface area contributed by atoms with E-state index in [2.05, 4.69) is 32.1 Å². The van der Waals surface area contributed by atoms with Gasteiger partial charge >= 0.3 is 6.01 Å². The summed E-state index contributed by atoms with van der Waals surface area (Å²) in [5, 5.41) is 10.4. The van der Waals surface area contributed by atoms with Gasteiger partial charge in [-0.1, -0.05) is 60.1 Å². The normalized spacial score (nSPS) is 22.0. The topological polar surface area (TPSA) is 125 Å². The van der Waals surface area contributed by atoms with Crippen LogP contribution in [0.25, 0.3) is 44.7 Å². The second-order valence-corrected chi connectivity index (χ2v) is 10.1. The number of benzene rings is 2. The molecule has 40 heavy (non-hydrogen) atoms. The quantitative estimate of drug-likeness (QED) is 0.314. The molecule has 11 heteroatoms. The first-order chi connectivity index (χ1) is 19.6. The van der Waals surface area contributed by atoms with E-state index in [-0.39, 0.29) is 24.9 Å². The Balaban J connectivity index is 1.09. The van der Waals surface area contributed by atoms with E-state index in [0.29, 0.717) is 40.5 Å². The van der Waals surface area contributed by atoms with E-state index in [4.69, 9.17) is 35.5 Å². The average molecular weight is 558 g/mol. The predicted molar refractivity (Wildman–Crippen MR) is 147 cm³/mol. The molecule has 2 N–H and O–H groups in total. The van der Waals surface area contributed by atoms with Gasteiger partial charge in [-0.05, 0) is 22.8 Å². The Kier molecular flexibility index (Phi) is 6.32. The summed E-state index contributed by atoms with van der Waals surface area (Å²) in [6, 6.07) is 18.7. The SMILES string of the molecule is COc1ncc(-c2ccc(-c3ccc(-c4nc5nc(O[C@@H]6CO[C@H]7[C@@H]6OC[C@H]7O)[nH]c5cc4Cl)cc3)cc2)cn1. The van der Waals surface area contributed by atoms with Crippen molar-refractivity contribution in [3.8, 4) is 45.5 Å². The Bertz CT molecular complexity index is 1660. The number of nitrogens with zero attached hydrogens (tertiary/aromatic N) is 4. The number of nitrogens with one attached hydrogen (secondary N) is 1. The molecule has 2 aromatic carbocycles. The van der Waals surface area contributed by atoms with Gasteiger partial charge in [0.15, 0.2) is 11.8 Å². The molecule has 2 aliphatic rings. The van der Waals surface area contributed by atoms with Gasteiger partial charge in [0, 0.05) is 23.5 Å². The first kappa shape index (κ1) is 24.9. The summed E-state index contributed by atoms with van der Waals surface area (Å²) in [5.41, 5.74) is 6.70. The molecule has 5 heterocycles. The van der Waals surface area contributed by atoms with Crippen LogP contribution in [0, 0.1) is 0 Å². The number of hydrogen-bond acceptors (Lipinski definition) is 9. The minimum absolute atomic E-state index is 0.235. The molecule has 0 spiro atoms. The Morgan fingerprint density at radius 3 is 2.15 bits per heavy atom. The Labute approximate surface area is 233 Å². The van der Waals surface area contributed by atoms with Crippen LogP contribution < -0.4 is 9.47 Å². The number of H-pyrrole nitrogens is 1. The molecule has 2 fully saturated rings. The number of fused-ring (bicyclic) bond motifs is 2. The minimum atomic E-state index is -0.641. The lowest BCUT2D eigenvalue weighted by Gasteiger charge is -2.15. The molecule has 10 nitrogen and oxygen atoms in total. The van der Waals surface area contributed by atoms with Gasteiger partial charge in [-0.2, -0.15) is 4.98 Å². The number of hydrogen-bond donors (Lipinski definition) is 2. The second-order valence-electron chi connectivity index (χ2n) is 9.66. The Morgan fingerprint density at radius 2 is 1.48 bits per heavy atom. The monoisotopic (exact) mass is 557 g/mol. The van der Waals surface area contributed by atoms with E-state index in [1.54, 1.807) is 25.6 Å². The Hall–Kier alpha value is -4.09. The van der Waals surface area contributed by atoms with Crippen molar-refractivity contribution in [1.82, 2.24) is 24.9 Å². The summed E-state index contributed by atoms with van der Waals surface area (Å²) in [6.45, 7) is 0.549. The number of halogens is 1. The van der Waals surface area contributed by atoms with Crippen molar-refractivity contribution in [3.63, 3.8) is 0 Å². The van der Waals surface area contributed by atoms with E-state index in [1.807, 2.05) is 36.4 Å². The maximum absolute atomic E-state index is 9.96. The molecule has 3 aromatic heterocycles. The molecule has 0 bridgehead atoms. The maximum Gasteiger partial charge on any atom is 0.316 e. The number of aromatic nitrogens is 5.